The van der Waals surface area contributed by atoms with Gasteiger partial charge in [-0.2, -0.15) is 0 Å². The summed E-state index contributed by atoms with van der Waals surface area (Å²) in [6.07, 6.45) is 6.26. The third-order valence-electron chi connectivity index (χ3n) is 3.85. The van der Waals surface area contributed by atoms with Gasteiger partial charge in [0.05, 0.1) is 18.9 Å². The van der Waals surface area contributed by atoms with E-state index in [-0.39, 0.29) is 12.2 Å². The summed E-state index contributed by atoms with van der Waals surface area (Å²) in [4.78, 5) is 29.4. The van der Waals surface area contributed by atoms with E-state index in [0.717, 1.165) is 5.56 Å². The molecule has 7 nitrogen and oxygen atoms in total. The zero-order chi connectivity index (χ0) is 19.8. The van der Waals surface area contributed by atoms with E-state index in [1.807, 2.05) is 6.07 Å². The Balaban J connectivity index is 1.79. The molecule has 2 aromatic heterocycles. The number of methoxy groups -OCH3 is 1. The zero-order valence-corrected chi connectivity index (χ0v) is 15.2. The van der Waals surface area contributed by atoms with Crippen molar-refractivity contribution in [2.24, 2.45) is 0 Å². The molecule has 3 aromatic rings. The molecule has 2 N–H and O–H groups in total. The number of pyridine rings is 1. The molecule has 0 unspecified atom stereocenters. The molecule has 0 aliphatic heterocycles. The van der Waals surface area contributed by atoms with Crippen LogP contribution in [0.5, 0.6) is 5.75 Å². The molecule has 2 heterocycles. The minimum atomic E-state index is -0.466. The number of hydrogen-bond acceptors (Lipinski definition) is 5. The number of furan rings is 1. The summed E-state index contributed by atoms with van der Waals surface area (Å²) in [5, 5.41) is 5.40. The first-order chi connectivity index (χ1) is 13.7. The van der Waals surface area contributed by atoms with Crippen molar-refractivity contribution in [3.05, 3.63) is 89.8 Å². The number of carbonyl (C=O) groups is 2. The van der Waals surface area contributed by atoms with Gasteiger partial charge in [-0.25, -0.2) is 0 Å². The second kappa shape index (κ2) is 9.18. The molecular formula is C21H19N3O4. The first-order valence-electron chi connectivity index (χ1n) is 8.54. The fourth-order valence-corrected chi connectivity index (χ4v) is 2.48. The third kappa shape index (κ3) is 4.85. The number of ether oxygens (including phenoxy) is 1. The first kappa shape index (κ1) is 18.9. The van der Waals surface area contributed by atoms with Crippen LogP contribution in [-0.2, 0) is 11.3 Å². The van der Waals surface area contributed by atoms with Crippen LogP contribution < -0.4 is 15.4 Å². The van der Waals surface area contributed by atoms with E-state index >= 15 is 0 Å². The van der Waals surface area contributed by atoms with Gasteiger partial charge in [0.15, 0.2) is 0 Å². The molecule has 142 valence electrons. The van der Waals surface area contributed by atoms with E-state index in [4.69, 9.17) is 9.15 Å². The Bertz CT molecular complexity index is 966. The fraction of sp³-hybridized carbons (Fsp3) is 0.0952. The highest BCUT2D eigenvalue weighted by atomic mass is 16.5. The van der Waals surface area contributed by atoms with Crippen LogP contribution in [0.2, 0.25) is 0 Å². The molecule has 0 radical (unpaired) electrons. The molecule has 28 heavy (non-hydrogen) atoms. The highest BCUT2D eigenvalue weighted by Crippen LogP contribution is 2.17. The lowest BCUT2D eigenvalue weighted by Gasteiger charge is -2.12. The predicted octanol–water partition coefficient (Wildman–Crippen LogP) is 2.77. The number of carbonyl (C=O) groups excluding carboxylic acids is 2. The predicted molar refractivity (Wildman–Crippen MR) is 103 cm³/mol. The van der Waals surface area contributed by atoms with Gasteiger partial charge in [-0.05, 0) is 35.9 Å². The molecule has 0 saturated carbocycles. The molecule has 0 aliphatic rings. The van der Waals surface area contributed by atoms with Gasteiger partial charge >= 0.3 is 0 Å². The van der Waals surface area contributed by atoms with E-state index in [0.29, 0.717) is 17.1 Å². The monoisotopic (exact) mass is 377 g/mol. The molecule has 1 aromatic carbocycles. The maximum absolute atomic E-state index is 12.7. The number of nitrogens with one attached hydrogen (secondary N) is 2. The summed E-state index contributed by atoms with van der Waals surface area (Å²) in [7, 11) is 1.48. The smallest absolute Gasteiger partial charge is 0.268 e. The van der Waals surface area contributed by atoms with Crippen molar-refractivity contribution >= 4 is 17.9 Å². The number of rotatable bonds is 7. The lowest BCUT2D eigenvalue weighted by atomic mass is 10.1. The van der Waals surface area contributed by atoms with Gasteiger partial charge in [0.1, 0.15) is 17.2 Å². The first-order valence-corrected chi connectivity index (χ1v) is 8.54. The average Bonchev–Trinajstić information content (AvgIpc) is 3.25. The number of amides is 2. The summed E-state index contributed by atoms with van der Waals surface area (Å²) in [6.45, 7) is 0.271. The van der Waals surface area contributed by atoms with E-state index in [1.165, 1.54) is 19.4 Å². The quantitative estimate of drug-likeness (QED) is 0.618. The van der Waals surface area contributed by atoms with Crippen LogP contribution in [0.25, 0.3) is 6.08 Å². The summed E-state index contributed by atoms with van der Waals surface area (Å²) >= 11 is 0. The Kier molecular flexibility index (Phi) is 6.20. The Morgan fingerprint density at radius 3 is 2.71 bits per heavy atom. The van der Waals surface area contributed by atoms with Crippen LogP contribution in [0, 0.1) is 0 Å². The maximum Gasteiger partial charge on any atom is 0.268 e. The van der Waals surface area contributed by atoms with Gasteiger partial charge in [-0.15, -0.1) is 0 Å². The number of para-hydroxylation sites is 1. The van der Waals surface area contributed by atoms with Crippen molar-refractivity contribution in [3.63, 3.8) is 0 Å². The SMILES string of the molecule is COc1ccccc1C(=O)NC(=Cc1ccco1)C(=O)NCc1cccnc1. The second-order valence-electron chi connectivity index (χ2n) is 5.77. The van der Waals surface area contributed by atoms with Gasteiger partial charge in [0.25, 0.3) is 11.8 Å². The molecule has 0 fully saturated rings. The number of hydrogen-bond donors (Lipinski definition) is 2. The molecule has 7 heteroatoms. The minimum absolute atomic E-state index is 0.0507. The van der Waals surface area contributed by atoms with E-state index in [1.54, 1.807) is 54.9 Å². The van der Waals surface area contributed by atoms with Gasteiger partial charge in [0.2, 0.25) is 0 Å². The van der Waals surface area contributed by atoms with Crippen LogP contribution in [0.4, 0.5) is 0 Å². The van der Waals surface area contributed by atoms with Crippen molar-refractivity contribution in [3.8, 4) is 5.75 Å². The highest BCUT2D eigenvalue weighted by molar-refractivity contribution is 6.06. The standard InChI is InChI=1S/C21H19N3O4/c1-27-19-9-3-2-8-17(19)20(25)24-18(12-16-7-5-11-28-16)21(26)23-14-15-6-4-10-22-13-15/h2-13H,14H2,1H3,(H,23,26)(H,24,25). The lowest BCUT2D eigenvalue weighted by Crippen LogP contribution is -2.34. The topological polar surface area (TPSA) is 93.5 Å². The minimum Gasteiger partial charge on any atom is -0.496 e. The van der Waals surface area contributed by atoms with E-state index < -0.39 is 11.8 Å². The molecule has 0 bridgehead atoms. The second-order valence-corrected chi connectivity index (χ2v) is 5.77. The normalized spacial score (nSPS) is 11.0. The fourth-order valence-electron chi connectivity index (χ4n) is 2.48. The molecule has 2 amide bonds. The van der Waals surface area contributed by atoms with Crippen molar-refractivity contribution in [2.75, 3.05) is 7.11 Å². The van der Waals surface area contributed by atoms with Crippen LogP contribution in [0.3, 0.4) is 0 Å². The Morgan fingerprint density at radius 1 is 1.14 bits per heavy atom. The molecule has 0 saturated heterocycles. The van der Waals surface area contributed by atoms with Gasteiger partial charge in [0, 0.05) is 25.0 Å². The Hall–Kier alpha value is -3.87. The van der Waals surface area contributed by atoms with Gasteiger partial charge < -0.3 is 19.8 Å². The van der Waals surface area contributed by atoms with Gasteiger partial charge in [-0.3, -0.25) is 14.6 Å². The van der Waals surface area contributed by atoms with E-state index in [9.17, 15) is 9.59 Å². The van der Waals surface area contributed by atoms with Crippen LogP contribution >= 0.6 is 0 Å². The highest BCUT2D eigenvalue weighted by Gasteiger charge is 2.17. The molecule has 3 rings (SSSR count). The molecular weight excluding hydrogens is 358 g/mol. The number of aromatic nitrogens is 1. The maximum atomic E-state index is 12.7. The van der Waals surface area contributed by atoms with Crippen LogP contribution in [0.1, 0.15) is 21.7 Å². The Labute approximate surface area is 162 Å². The lowest BCUT2D eigenvalue weighted by molar-refractivity contribution is -0.117. The molecule has 0 spiro atoms. The summed E-state index contributed by atoms with van der Waals surface area (Å²) in [5.41, 5.74) is 1.20. The van der Waals surface area contributed by atoms with Gasteiger partial charge in [-0.1, -0.05) is 18.2 Å². The van der Waals surface area contributed by atoms with Crippen molar-refractivity contribution in [1.29, 1.82) is 0 Å². The zero-order valence-electron chi connectivity index (χ0n) is 15.2. The summed E-state index contributed by atoms with van der Waals surface area (Å²) in [6, 6.07) is 13.8. The summed E-state index contributed by atoms with van der Waals surface area (Å²) < 4.78 is 10.5. The Morgan fingerprint density at radius 2 is 2.00 bits per heavy atom. The number of benzene rings is 1. The average molecular weight is 377 g/mol. The van der Waals surface area contributed by atoms with Crippen LogP contribution in [-0.4, -0.2) is 23.9 Å². The van der Waals surface area contributed by atoms with E-state index in [2.05, 4.69) is 15.6 Å². The van der Waals surface area contributed by atoms with Crippen molar-refractivity contribution in [2.45, 2.75) is 6.54 Å². The van der Waals surface area contributed by atoms with Crippen molar-refractivity contribution in [1.82, 2.24) is 15.6 Å². The molecule has 0 atom stereocenters. The van der Waals surface area contributed by atoms with Crippen molar-refractivity contribution < 1.29 is 18.7 Å². The third-order valence-corrected chi connectivity index (χ3v) is 3.85. The largest absolute Gasteiger partial charge is 0.496 e. The van der Waals surface area contributed by atoms with Crippen LogP contribution in [0.15, 0.2) is 77.3 Å². The summed E-state index contributed by atoms with van der Waals surface area (Å²) in [5.74, 6) is -0.0738. The number of nitrogens with zero attached hydrogens (tertiary/aromatic N) is 1. The molecule has 0 aliphatic carbocycles.